The summed E-state index contributed by atoms with van der Waals surface area (Å²) in [6.07, 6.45) is 1.92. The average Bonchev–Trinajstić information content (AvgIpc) is 2.97. The summed E-state index contributed by atoms with van der Waals surface area (Å²) < 4.78 is 26.3. The highest BCUT2D eigenvalue weighted by molar-refractivity contribution is 5.94. The Balaban J connectivity index is 1.87. The maximum absolute atomic E-state index is 13.7. The molecule has 0 saturated heterocycles. The van der Waals surface area contributed by atoms with E-state index >= 15 is 0 Å². The van der Waals surface area contributed by atoms with Gasteiger partial charge in [0.05, 0.1) is 43.3 Å². The third-order valence-corrected chi connectivity index (χ3v) is 4.37. The summed E-state index contributed by atoms with van der Waals surface area (Å²) in [5.41, 5.74) is 2.33. The van der Waals surface area contributed by atoms with E-state index in [9.17, 15) is 9.18 Å². The number of hydrogen-bond acceptors (Lipinski definition) is 5. The van der Waals surface area contributed by atoms with Crippen molar-refractivity contribution in [3.63, 3.8) is 0 Å². The number of ether oxygens (including phenoxy) is 2. The molecule has 1 amide bonds. The predicted molar refractivity (Wildman–Crippen MR) is 92.1 cm³/mol. The zero-order chi connectivity index (χ0) is 18.7. The molecule has 2 aromatic heterocycles. The third kappa shape index (κ3) is 3.76. The molecule has 1 aliphatic rings. The van der Waals surface area contributed by atoms with Crippen LogP contribution in [0, 0.1) is 5.82 Å². The molecule has 0 saturated carbocycles. The van der Waals surface area contributed by atoms with Crippen LogP contribution in [-0.4, -0.2) is 40.5 Å². The molecule has 2 atom stereocenters. The molecular formula is C18H23FN4O3. The van der Waals surface area contributed by atoms with Crippen LogP contribution >= 0.6 is 0 Å². The van der Waals surface area contributed by atoms with Crippen molar-refractivity contribution in [1.29, 1.82) is 0 Å². The molecule has 0 fully saturated rings. The van der Waals surface area contributed by atoms with Gasteiger partial charge >= 0.3 is 0 Å². The van der Waals surface area contributed by atoms with Gasteiger partial charge in [-0.05, 0) is 26.0 Å². The molecule has 26 heavy (non-hydrogen) atoms. The van der Waals surface area contributed by atoms with Crippen molar-refractivity contribution in [3.05, 3.63) is 46.8 Å². The summed E-state index contributed by atoms with van der Waals surface area (Å²) in [5.74, 6) is -0.750. The van der Waals surface area contributed by atoms with Gasteiger partial charge in [-0.3, -0.25) is 14.5 Å². The first-order valence-corrected chi connectivity index (χ1v) is 8.62. The number of fused-ring (bicyclic) bond motifs is 1. The van der Waals surface area contributed by atoms with Gasteiger partial charge in [-0.15, -0.1) is 0 Å². The number of nitrogens with zero attached hydrogens (tertiary/aromatic N) is 3. The first-order valence-electron chi connectivity index (χ1n) is 8.62. The van der Waals surface area contributed by atoms with Gasteiger partial charge in [-0.2, -0.15) is 5.10 Å². The molecule has 8 heteroatoms. The molecule has 0 radical (unpaired) electrons. The molecule has 1 aliphatic heterocycles. The Kier molecular flexibility index (Phi) is 5.63. The molecule has 0 unspecified atom stereocenters. The van der Waals surface area contributed by atoms with Crippen LogP contribution in [0.3, 0.4) is 0 Å². The number of nitrogens with one attached hydrogen (secondary N) is 1. The van der Waals surface area contributed by atoms with Crippen LogP contribution in [0.25, 0.3) is 0 Å². The average molecular weight is 362 g/mol. The predicted octanol–water partition coefficient (Wildman–Crippen LogP) is 2.02. The number of aromatic nitrogens is 3. The van der Waals surface area contributed by atoms with Crippen molar-refractivity contribution in [3.8, 4) is 0 Å². The molecule has 3 rings (SSSR count). The highest BCUT2D eigenvalue weighted by Gasteiger charge is 2.32. The van der Waals surface area contributed by atoms with E-state index in [0.717, 1.165) is 11.3 Å². The van der Waals surface area contributed by atoms with Crippen molar-refractivity contribution < 1.29 is 18.7 Å². The van der Waals surface area contributed by atoms with Crippen LogP contribution < -0.4 is 5.32 Å². The molecule has 1 N–H and O–H groups in total. The zero-order valence-electron chi connectivity index (χ0n) is 15.2. The lowest BCUT2D eigenvalue weighted by atomic mass is 9.99. The quantitative estimate of drug-likeness (QED) is 0.851. The van der Waals surface area contributed by atoms with E-state index in [1.807, 2.05) is 13.8 Å². The van der Waals surface area contributed by atoms with Crippen LogP contribution in [0.15, 0.2) is 18.3 Å². The second-order valence-corrected chi connectivity index (χ2v) is 6.34. The second kappa shape index (κ2) is 7.92. The Bertz CT molecular complexity index is 793. The summed E-state index contributed by atoms with van der Waals surface area (Å²) in [7, 11) is 1.60. The molecule has 0 aromatic carbocycles. The van der Waals surface area contributed by atoms with Crippen molar-refractivity contribution in [1.82, 2.24) is 20.1 Å². The number of halogens is 1. The van der Waals surface area contributed by atoms with Gasteiger partial charge in [0.2, 0.25) is 0 Å². The lowest BCUT2D eigenvalue weighted by Crippen LogP contribution is -2.29. The first-order chi connectivity index (χ1) is 12.5. The van der Waals surface area contributed by atoms with Crippen molar-refractivity contribution in [2.75, 3.05) is 13.7 Å². The fourth-order valence-corrected chi connectivity index (χ4v) is 3.18. The first kappa shape index (κ1) is 18.5. The lowest BCUT2D eigenvalue weighted by molar-refractivity contribution is -0.00716. The number of carbonyl (C=O) groups excluding carboxylic acids is 1. The second-order valence-electron chi connectivity index (χ2n) is 6.34. The van der Waals surface area contributed by atoms with E-state index in [2.05, 4.69) is 15.4 Å². The Hall–Kier alpha value is -2.32. The molecule has 0 spiro atoms. The van der Waals surface area contributed by atoms with Gasteiger partial charge in [-0.25, -0.2) is 4.39 Å². The van der Waals surface area contributed by atoms with Crippen molar-refractivity contribution >= 4 is 5.91 Å². The molecule has 0 bridgehead atoms. The summed E-state index contributed by atoms with van der Waals surface area (Å²) in [4.78, 5) is 16.8. The van der Waals surface area contributed by atoms with Gasteiger partial charge in [0.1, 0.15) is 11.5 Å². The van der Waals surface area contributed by atoms with E-state index in [0.29, 0.717) is 25.3 Å². The largest absolute Gasteiger partial charge is 0.383 e. The Morgan fingerprint density at radius 3 is 3.04 bits per heavy atom. The van der Waals surface area contributed by atoms with Crippen LogP contribution in [0.4, 0.5) is 4.39 Å². The van der Waals surface area contributed by atoms with Crippen LogP contribution in [0.2, 0.25) is 0 Å². The van der Waals surface area contributed by atoms with E-state index in [1.165, 1.54) is 18.3 Å². The topological polar surface area (TPSA) is 78.3 Å². The Labute approximate surface area is 151 Å². The van der Waals surface area contributed by atoms with Gasteiger partial charge in [-0.1, -0.05) is 0 Å². The molecule has 140 valence electrons. The number of carbonyl (C=O) groups is 1. The molecular weight excluding hydrogens is 339 g/mol. The number of hydrogen-bond donors (Lipinski definition) is 1. The van der Waals surface area contributed by atoms with Crippen molar-refractivity contribution in [2.24, 2.45) is 0 Å². The SMILES string of the molecule is COCCn1nc2c(c1C(=O)NCc1ncccc1F)C[C@H](C)O[C@@H]2C. The Morgan fingerprint density at radius 2 is 2.31 bits per heavy atom. The lowest BCUT2D eigenvalue weighted by Gasteiger charge is -2.24. The highest BCUT2D eigenvalue weighted by Crippen LogP contribution is 2.31. The van der Waals surface area contributed by atoms with Gasteiger partial charge in [0.15, 0.2) is 0 Å². The minimum absolute atomic E-state index is 0.00244. The monoisotopic (exact) mass is 362 g/mol. The number of rotatable bonds is 6. The van der Waals surface area contributed by atoms with Gasteiger partial charge in [0, 0.05) is 25.3 Å². The van der Waals surface area contributed by atoms with Crippen LogP contribution in [0.5, 0.6) is 0 Å². The van der Waals surface area contributed by atoms with Gasteiger partial charge in [0.25, 0.3) is 5.91 Å². The fourth-order valence-electron chi connectivity index (χ4n) is 3.18. The van der Waals surface area contributed by atoms with Crippen LogP contribution in [-0.2, 0) is 29.0 Å². The summed E-state index contributed by atoms with van der Waals surface area (Å²) in [5, 5.41) is 7.31. The maximum atomic E-state index is 13.7. The van der Waals surface area contributed by atoms with Crippen LogP contribution in [0.1, 0.15) is 47.4 Å². The standard InChI is InChI=1S/C18H23FN4O3/c1-11-9-13-16(12(2)26-11)22-23(7-8-25-3)17(13)18(24)21-10-15-14(19)5-4-6-20-15/h4-6,11-12H,7-10H2,1-3H3,(H,21,24)/t11-,12+/m0/s1. The molecule has 3 heterocycles. The number of pyridine rings is 1. The maximum Gasteiger partial charge on any atom is 0.270 e. The van der Waals surface area contributed by atoms with E-state index in [4.69, 9.17) is 9.47 Å². The van der Waals surface area contributed by atoms with Gasteiger partial charge < -0.3 is 14.8 Å². The minimum atomic E-state index is -0.446. The smallest absolute Gasteiger partial charge is 0.270 e. The van der Waals surface area contributed by atoms with Crippen molar-refractivity contribution in [2.45, 2.75) is 45.6 Å². The molecule has 7 nitrogen and oxygen atoms in total. The Morgan fingerprint density at radius 1 is 1.50 bits per heavy atom. The van der Waals surface area contributed by atoms with E-state index < -0.39 is 5.82 Å². The summed E-state index contributed by atoms with van der Waals surface area (Å²) in [6, 6.07) is 2.83. The zero-order valence-corrected chi connectivity index (χ0v) is 15.2. The number of amides is 1. The van der Waals surface area contributed by atoms with E-state index in [1.54, 1.807) is 11.8 Å². The normalized spacial score (nSPS) is 19.2. The molecule has 2 aromatic rings. The highest BCUT2D eigenvalue weighted by atomic mass is 19.1. The summed E-state index contributed by atoms with van der Waals surface area (Å²) in [6.45, 7) is 4.78. The summed E-state index contributed by atoms with van der Waals surface area (Å²) >= 11 is 0. The van der Waals surface area contributed by atoms with E-state index in [-0.39, 0.29) is 30.4 Å². The third-order valence-electron chi connectivity index (χ3n) is 4.37. The number of methoxy groups -OCH3 is 1. The fraction of sp³-hybridized carbons (Fsp3) is 0.500. The molecule has 0 aliphatic carbocycles. The minimum Gasteiger partial charge on any atom is -0.383 e.